The first-order valence-electron chi connectivity index (χ1n) is 4.28. The molecule has 0 radical (unpaired) electrons. The number of ether oxygens (including phenoxy) is 3. The van der Waals surface area contributed by atoms with E-state index in [0.717, 1.165) is 19.4 Å². The van der Waals surface area contributed by atoms with Gasteiger partial charge in [0.25, 0.3) is 0 Å². The van der Waals surface area contributed by atoms with E-state index in [2.05, 4.69) is 0 Å². The van der Waals surface area contributed by atoms with Crippen molar-refractivity contribution >= 4 is 0 Å². The van der Waals surface area contributed by atoms with Crippen LogP contribution in [0.4, 0.5) is 0 Å². The number of rotatable bonds is 4. The molecule has 1 aliphatic heterocycles. The fourth-order valence-corrected chi connectivity index (χ4v) is 1.28. The second-order valence-corrected chi connectivity index (χ2v) is 2.99. The molecule has 1 saturated heterocycles. The summed E-state index contributed by atoms with van der Waals surface area (Å²) in [6.07, 6.45) is 2.14. The van der Waals surface area contributed by atoms with Crippen molar-refractivity contribution in [3.63, 3.8) is 0 Å². The van der Waals surface area contributed by atoms with Crippen molar-refractivity contribution in [2.75, 3.05) is 27.1 Å². The number of methoxy groups -OCH3 is 1. The van der Waals surface area contributed by atoms with Gasteiger partial charge in [0.1, 0.15) is 6.79 Å². The molecule has 2 N–H and O–H groups in total. The Morgan fingerprint density at radius 1 is 1.58 bits per heavy atom. The lowest BCUT2D eigenvalue weighted by Gasteiger charge is -2.28. The van der Waals surface area contributed by atoms with Crippen molar-refractivity contribution in [2.45, 2.75) is 25.0 Å². The van der Waals surface area contributed by atoms with Crippen molar-refractivity contribution in [1.29, 1.82) is 0 Å². The maximum absolute atomic E-state index is 5.82. The second kappa shape index (κ2) is 5.48. The summed E-state index contributed by atoms with van der Waals surface area (Å²) in [6, 6.07) is 0.121. The highest BCUT2D eigenvalue weighted by molar-refractivity contribution is 4.76. The maximum atomic E-state index is 5.82. The quantitative estimate of drug-likeness (QED) is 0.487. The highest BCUT2D eigenvalue weighted by atomic mass is 16.7. The van der Waals surface area contributed by atoms with Crippen molar-refractivity contribution in [1.82, 2.24) is 0 Å². The van der Waals surface area contributed by atoms with E-state index in [4.69, 9.17) is 19.9 Å². The molecule has 1 heterocycles. The van der Waals surface area contributed by atoms with Gasteiger partial charge in [-0.05, 0) is 12.8 Å². The molecule has 0 aromatic rings. The first kappa shape index (κ1) is 9.92. The van der Waals surface area contributed by atoms with Crippen LogP contribution < -0.4 is 5.73 Å². The molecule has 0 aromatic carbocycles. The summed E-state index contributed by atoms with van der Waals surface area (Å²) in [6.45, 7) is 1.65. The van der Waals surface area contributed by atoms with Crippen LogP contribution in [-0.4, -0.2) is 39.3 Å². The molecule has 12 heavy (non-hydrogen) atoms. The molecule has 2 atom stereocenters. The SMILES string of the molecule is COCOCC1OCCCC1N. The van der Waals surface area contributed by atoms with Gasteiger partial charge in [-0.3, -0.25) is 0 Å². The van der Waals surface area contributed by atoms with Gasteiger partial charge in [-0.25, -0.2) is 0 Å². The van der Waals surface area contributed by atoms with E-state index in [9.17, 15) is 0 Å². The summed E-state index contributed by atoms with van der Waals surface area (Å²) in [5.74, 6) is 0. The van der Waals surface area contributed by atoms with Gasteiger partial charge in [-0.15, -0.1) is 0 Å². The summed E-state index contributed by atoms with van der Waals surface area (Å²) >= 11 is 0. The number of nitrogens with two attached hydrogens (primary N) is 1. The second-order valence-electron chi connectivity index (χ2n) is 2.99. The van der Waals surface area contributed by atoms with Crippen LogP contribution in [0.5, 0.6) is 0 Å². The average molecular weight is 175 g/mol. The van der Waals surface area contributed by atoms with Crippen LogP contribution in [0, 0.1) is 0 Å². The monoisotopic (exact) mass is 175 g/mol. The molecule has 0 saturated carbocycles. The molecule has 4 heteroatoms. The molecular weight excluding hydrogens is 158 g/mol. The zero-order valence-corrected chi connectivity index (χ0v) is 7.49. The lowest BCUT2D eigenvalue weighted by atomic mass is 10.0. The lowest BCUT2D eigenvalue weighted by Crippen LogP contribution is -2.43. The van der Waals surface area contributed by atoms with E-state index in [1.165, 1.54) is 0 Å². The Hall–Kier alpha value is -0.160. The van der Waals surface area contributed by atoms with Gasteiger partial charge in [0.15, 0.2) is 0 Å². The van der Waals surface area contributed by atoms with Crippen LogP contribution in [0.1, 0.15) is 12.8 Å². The Morgan fingerprint density at radius 2 is 2.42 bits per heavy atom. The number of hydrogen-bond acceptors (Lipinski definition) is 4. The zero-order valence-electron chi connectivity index (χ0n) is 7.49. The van der Waals surface area contributed by atoms with Crippen LogP contribution in [0.25, 0.3) is 0 Å². The summed E-state index contributed by atoms with van der Waals surface area (Å²) in [4.78, 5) is 0. The van der Waals surface area contributed by atoms with Crippen LogP contribution >= 0.6 is 0 Å². The normalized spacial score (nSPS) is 30.5. The summed E-state index contributed by atoms with van der Waals surface area (Å²) in [5, 5.41) is 0. The maximum Gasteiger partial charge on any atom is 0.146 e. The Balaban J connectivity index is 2.11. The fraction of sp³-hybridized carbons (Fsp3) is 1.00. The third kappa shape index (κ3) is 3.06. The van der Waals surface area contributed by atoms with E-state index >= 15 is 0 Å². The Labute approximate surface area is 73.0 Å². The first-order chi connectivity index (χ1) is 5.84. The highest BCUT2D eigenvalue weighted by Crippen LogP contribution is 2.11. The molecule has 1 rings (SSSR count). The largest absolute Gasteiger partial charge is 0.374 e. The zero-order chi connectivity index (χ0) is 8.81. The van der Waals surface area contributed by atoms with Crippen molar-refractivity contribution in [2.24, 2.45) is 5.73 Å². The molecular formula is C8H17NO3. The van der Waals surface area contributed by atoms with Crippen LogP contribution in [-0.2, 0) is 14.2 Å². The van der Waals surface area contributed by atoms with E-state index < -0.39 is 0 Å². The molecule has 0 aromatic heterocycles. The van der Waals surface area contributed by atoms with Gasteiger partial charge in [-0.1, -0.05) is 0 Å². The molecule has 0 aliphatic carbocycles. The van der Waals surface area contributed by atoms with Gasteiger partial charge < -0.3 is 19.9 Å². The predicted molar refractivity (Wildman–Crippen MR) is 44.8 cm³/mol. The Bertz CT molecular complexity index is 121. The van der Waals surface area contributed by atoms with E-state index in [-0.39, 0.29) is 12.1 Å². The number of hydrogen-bond donors (Lipinski definition) is 1. The summed E-state index contributed by atoms with van der Waals surface area (Å²) in [7, 11) is 1.60. The van der Waals surface area contributed by atoms with Gasteiger partial charge in [0, 0.05) is 19.8 Å². The van der Waals surface area contributed by atoms with E-state index in [0.29, 0.717) is 13.4 Å². The van der Waals surface area contributed by atoms with Gasteiger partial charge in [-0.2, -0.15) is 0 Å². The fourth-order valence-electron chi connectivity index (χ4n) is 1.28. The highest BCUT2D eigenvalue weighted by Gasteiger charge is 2.22. The van der Waals surface area contributed by atoms with Gasteiger partial charge >= 0.3 is 0 Å². The minimum absolute atomic E-state index is 0.0499. The molecule has 0 spiro atoms. The lowest BCUT2D eigenvalue weighted by molar-refractivity contribution is -0.0961. The molecule has 1 fully saturated rings. The van der Waals surface area contributed by atoms with E-state index in [1.807, 2.05) is 0 Å². The minimum atomic E-state index is 0.0499. The summed E-state index contributed by atoms with van der Waals surface area (Å²) < 4.78 is 15.3. The third-order valence-electron chi connectivity index (χ3n) is 1.97. The third-order valence-corrected chi connectivity index (χ3v) is 1.97. The van der Waals surface area contributed by atoms with Crippen LogP contribution in [0.3, 0.4) is 0 Å². The molecule has 4 nitrogen and oxygen atoms in total. The molecule has 1 aliphatic rings. The Morgan fingerprint density at radius 3 is 3.08 bits per heavy atom. The standard InChI is InChI=1S/C8H17NO3/c1-10-6-11-5-8-7(9)3-2-4-12-8/h7-8H,2-6,9H2,1H3. The molecule has 0 amide bonds. The average Bonchev–Trinajstić information content (AvgIpc) is 2.09. The van der Waals surface area contributed by atoms with Crippen molar-refractivity contribution in [3.8, 4) is 0 Å². The predicted octanol–water partition coefficient (Wildman–Crippen LogP) is 0.113. The first-order valence-corrected chi connectivity index (χ1v) is 4.28. The van der Waals surface area contributed by atoms with Crippen molar-refractivity contribution in [3.05, 3.63) is 0 Å². The van der Waals surface area contributed by atoms with Crippen molar-refractivity contribution < 1.29 is 14.2 Å². The van der Waals surface area contributed by atoms with Crippen LogP contribution in [0.15, 0.2) is 0 Å². The Kier molecular flexibility index (Phi) is 4.53. The molecule has 72 valence electrons. The topological polar surface area (TPSA) is 53.7 Å². The minimum Gasteiger partial charge on any atom is -0.374 e. The van der Waals surface area contributed by atoms with Gasteiger partial charge in [0.2, 0.25) is 0 Å². The van der Waals surface area contributed by atoms with Gasteiger partial charge in [0.05, 0.1) is 12.7 Å². The molecule has 2 unspecified atom stereocenters. The molecule has 0 bridgehead atoms. The smallest absolute Gasteiger partial charge is 0.146 e. The van der Waals surface area contributed by atoms with Crippen LogP contribution in [0.2, 0.25) is 0 Å². The van der Waals surface area contributed by atoms with E-state index in [1.54, 1.807) is 7.11 Å². The summed E-state index contributed by atoms with van der Waals surface area (Å²) in [5.41, 5.74) is 5.82.